The number of ether oxygens (including phenoxy) is 1. The Kier molecular flexibility index (Phi) is 5.41. The van der Waals surface area contributed by atoms with Crippen molar-refractivity contribution in [1.82, 2.24) is 9.78 Å². The first kappa shape index (κ1) is 19.6. The summed E-state index contributed by atoms with van der Waals surface area (Å²) in [6, 6.07) is 26.9. The Hall–Kier alpha value is -4.32. The second-order valence-corrected chi connectivity index (χ2v) is 7.39. The van der Waals surface area contributed by atoms with Crippen LogP contribution in [0.2, 0.25) is 0 Å². The standard InChI is InChI=1S/C26H21N3O3/c30-26(28-21-9-3-6-19(16-21)17-29-15-5-14-27-29)25-13-12-22(32-25)18-31-24-11-4-8-20-7-1-2-10-23(20)24/h1-16H,17-18H2,(H,28,30). The maximum absolute atomic E-state index is 12.6. The largest absolute Gasteiger partial charge is 0.485 e. The summed E-state index contributed by atoms with van der Waals surface area (Å²) in [5.74, 6) is 1.28. The van der Waals surface area contributed by atoms with Crippen LogP contribution in [0.15, 0.2) is 102 Å². The molecule has 0 aliphatic heterocycles. The number of fused-ring (bicyclic) bond motifs is 1. The van der Waals surface area contributed by atoms with Crippen molar-refractivity contribution >= 4 is 22.4 Å². The Bertz CT molecular complexity index is 1350. The maximum Gasteiger partial charge on any atom is 0.291 e. The first-order valence-corrected chi connectivity index (χ1v) is 10.3. The van der Waals surface area contributed by atoms with Crippen LogP contribution in [0.25, 0.3) is 10.8 Å². The van der Waals surface area contributed by atoms with Crippen molar-refractivity contribution in [2.75, 3.05) is 5.32 Å². The molecule has 6 heteroatoms. The number of aromatic nitrogens is 2. The number of nitrogens with one attached hydrogen (secondary N) is 1. The van der Waals surface area contributed by atoms with E-state index < -0.39 is 0 Å². The van der Waals surface area contributed by atoms with Crippen LogP contribution < -0.4 is 10.1 Å². The zero-order chi connectivity index (χ0) is 21.8. The minimum Gasteiger partial charge on any atom is -0.485 e. The molecule has 0 saturated carbocycles. The van der Waals surface area contributed by atoms with Gasteiger partial charge in [-0.05, 0) is 47.3 Å². The monoisotopic (exact) mass is 423 g/mol. The third-order valence-electron chi connectivity index (χ3n) is 5.09. The van der Waals surface area contributed by atoms with Crippen LogP contribution in [0, 0.1) is 0 Å². The number of hydrogen-bond acceptors (Lipinski definition) is 4. The molecule has 5 rings (SSSR count). The molecule has 0 spiro atoms. The van der Waals surface area contributed by atoms with E-state index in [1.165, 1.54) is 0 Å². The fourth-order valence-corrected chi connectivity index (χ4v) is 3.57. The fraction of sp³-hybridized carbons (Fsp3) is 0.0769. The molecule has 1 N–H and O–H groups in total. The van der Waals surface area contributed by atoms with E-state index in [0.29, 0.717) is 18.0 Å². The van der Waals surface area contributed by atoms with Crippen LogP contribution in [-0.2, 0) is 13.2 Å². The van der Waals surface area contributed by atoms with Crippen molar-refractivity contribution in [1.29, 1.82) is 0 Å². The van der Waals surface area contributed by atoms with E-state index in [9.17, 15) is 4.79 Å². The van der Waals surface area contributed by atoms with E-state index in [2.05, 4.69) is 10.4 Å². The highest BCUT2D eigenvalue weighted by Crippen LogP contribution is 2.26. The number of anilines is 1. The summed E-state index contributed by atoms with van der Waals surface area (Å²) in [5, 5.41) is 9.24. The highest BCUT2D eigenvalue weighted by Gasteiger charge is 2.13. The van der Waals surface area contributed by atoms with E-state index in [4.69, 9.17) is 9.15 Å². The first-order valence-electron chi connectivity index (χ1n) is 10.3. The van der Waals surface area contributed by atoms with Crippen LogP contribution in [0.1, 0.15) is 21.9 Å². The molecule has 6 nitrogen and oxygen atoms in total. The summed E-state index contributed by atoms with van der Waals surface area (Å²) >= 11 is 0. The fourth-order valence-electron chi connectivity index (χ4n) is 3.57. The molecular weight excluding hydrogens is 402 g/mol. The van der Waals surface area contributed by atoms with Crippen LogP contribution in [0.4, 0.5) is 5.69 Å². The molecule has 2 aromatic heterocycles. The SMILES string of the molecule is O=C(Nc1cccc(Cn2cccn2)c1)c1ccc(COc2cccc3ccccc23)o1. The van der Waals surface area contributed by atoms with Gasteiger partial charge in [-0.3, -0.25) is 9.48 Å². The van der Waals surface area contributed by atoms with E-state index in [0.717, 1.165) is 22.1 Å². The van der Waals surface area contributed by atoms with E-state index >= 15 is 0 Å². The Balaban J connectivity index is 1.23. The molecular formula is C26H21N3O3. The molecule has 0 atom stereocenters. The van der Waals surface area contributed by atoms with E-state index in [1.54, 1.807) is 18.3 Å². The number of carbonyl (C=O) groups excluding carboxylic acids is 1. The highest BCUT2D eigenvalue weighted by atomic mass is 16.5. The maximum atomic E-state index is 12.6. The number of rotatable bonds is 7. The zero-order valence-electron chi connectivity index (χ0n) is 17.3. The van der Waals surface area contributed by atoms with Gasteiger partial charge in [-0.15, -0.1) is 0 Å². The van der Waals surface area contributed by atoms with Gasteiger partial charge in [-0.2, -0.15) is 5.10 Å². The smallest absolute Gasteiger partial charge is 0.291 e. The number of benzene rings is 3. The Morgan fingerprint density at radius 3 is 2.75 bits per heavy atom. The van der Waals surface area contributed by atoms with Crippen molar-refractivity contribution in [2.45, 2.75) is 13.2 Å². The predicted octanol–water partition coefficient (Wildman–Crippen LogP) is 5.51. The molecule has 158 valence electrons. The molecule has 3 aromatic carbocycles. The third-order valence-corrected chi connectivity index (χ3v) is 5.09. The van der Waals surface area contributed by atoms with Gasteiger partial charge in [0.05, 0.1) is 6.54 Å². The van der Waals surface area contributed by atoms with Gasteiger partial charge in [0.1, 0.15) is 18.1 Å². The first-order chi connectivity index (χ1) is 15.7. The molecule has 32 heavy (non-hydrogen) atoms. The molecule has 5 aromatic rings. The lowest BCUT2D eigenvalue weighted by Crippen LogP contribution is -2.11. The van der Waals surface area contributed by atoms with Crippen molar-refractivity contribution in [3.8, 4) is 5.75 Å². The summed E-state index contributed by atoms with van der Waals surface area (Å²) in [5.41, 5.74) is 1.74. The topological polar surface area (TPSA) is 69.3 Å². The number of hydrogen-bond donors (Lipinski definition) is 1. The average molecular weight is 423 g/mol. The molecule has 0 unspecified atom stereocenters. The Labute approximate surface area is 185 Å². The van der Waals surface area contributed by atoms with Gasteiger partial charge in [0.2, 0.25) is 0 Å². The highest BCUT2D eigenvalue weighted by molar-refractivity contribution is 6.02. The summed E-state index contributed by atoms with van der Waals surface area (Å²) in [6.07, 6.45) is 3.64. The van der Waals surface area contributed by atoms with E-state index in [-0.39, 0.29) is 18.3 Å². The van der Waals surface area contributed by atoms with Crippen molar-refractivity contribution in [3.63, 3.8) is 0 Å². The minimum absolute atomic E-state index is 0.235. The normalized spacial score (nSPS) is 10.9. The average Bonchev–Trinajstić information content (AvgIpc) is 3.50. The predicted molar refractivity (Wildman–Crippen MR) is 123 cm³/mol. The van der Waals surface area contributed by atoms with Crippen LogP contribution in [0.3, 0.4) is 0 Å². The lowest BCUT2D eigenvalue weighted by molar-refractivity contribution is 0.0992. The molecule has 0 fully saturated rings. The molecule has 0 aliphatic carbocycles. The number of nitrogens with zero attached hydrogens (tertiary/aromatic N) is 2. The lowest BCUT2D eigenvalue weighted by atomic mass is 10.1. The lowest BCUT2D eigenvalue weighted by Gasteiger charge is -2.08. The third kappa shape index (κ3) is 4.39. The van der Waals surface area contributed by atoms with Gasteiger partial charge in [-0.25, -0.2) is 0 Å². The van der Waals surface area contributed by atoms with Crippen LogP contribution >= 0.6 is 0 Å². The van der Waals surface area contributed by atoms with Gasteiger partial charge in [0.25, 0.3) is 5.91 Å². The van der Waals surface area contributed by atoms with E-state index in [1.807, 2.05) is 83.7 Å². The summed E-state index contributed by atoms with van der Waals surface area (Å²) in [4.78, 5) is 12.6. The molecule has 0 aliphatic rings. The van der Waals surface area contributed by atoms with Crippen LogP contribution in [0.5, 0.6) is 5.75 Å². The number of furan rings is 1. The van der Waals surface area contributed by atoms with Gasteiger partial charge in [0.15, 0.2) is 5.76 Å². The Morgan fingerprint density at radius 1 is 0.969 bits per heavy atom. The van der Waals surface area contributed by atoms with Crippen LogP contribution in [-0.4, -0.2) is 15.7 Å². The van der Waals surface area contributed by atoms with Crippen molar-refractivity contribution in [2.24, 2.45) is 0 Å². The van der Waals surface area contributed by atoms with Gasteiger partial charge < -0.3 is 14.5 Å². The van der Waals surface area contributed by atoms with Crippen molar-refractivity contribution < 1.29 is 13.9 Å². The number of amides is 1. The summed E-state index contributed by atoms with van der Waals surface area (Å²) < 4.78 is 13.5. The second-order valence-electron chi connectivity index (χ2n) is 7.39. The minimum atomic E-state index is -0.308. The zero-order valence-corrected chi connectivity index (χ0v) is 17.3. The molecule has 0 radical (unpaired) electrons. The van der Waals surface area contributed by atoms with Gasteiger partial charge in [-0.1, -0.05) is 48.5 Å². The summed E-state index contributed by atoms with van der Waals surface area (Å²) in [7, 11) is 0. The molecule has 1 amide bonds. The summed E-state index contributed by atoms with van der Waals surface area (Å²) in [6.45, 7) is 0.869. The van der Waals surface area contributed by atoms with Gasteiger partial charge in [0, 0.05) is 23.5 Å². The van der Waals surface area contributed by atoms with Gasteiger partial charge >= 0.3 is 0 Å². The molecule has 0 bridgehead atoms. The molecule has 0 saturated heterocycles. The Morgan fingerprint density at radius 2 is 1.84 bits per heavy atom. The quantitative estimate of drug-likeness (QED) is 0.375. The second kappa shape index (κ2) is 8.81. The number of carbonyl (C=O) groups is 1. The molecule has 2 heterocycles. The van der Waals surface area contributed by atoms with Crippen molar-refractivity contribution in [3.05, 3.63) is 114 Å².